The maximum Gasteiger partial charge on any atom is 0.328 e. The van der Waals surface area contributed by atoms with Gasteiger partial charge >= 0.3 is 6.01 Å². The molecule has 0 amide bonds. The summed E-state index contributed by atoms with van der Waals surface area (Å²) >= 11 is 5.81. The van der Waals surface area contributed by atoms with Crippen molar-refractivity contribution >= 4 is 17.5 Å². The molecule has 0 unspecified atom stereocenters. The predicted molar refractivity (Wildman–Crippen MR) is 74.1 cm³/mol. The molecule has 0 fully saturated rings. The molecule has 3 aromatic rings. The van der Waals surface area contributed by atoms with Crippen molar-refractivity contribution in [3.8, 4) is 17.7 Å². The van der Waals surface area contributed by atoms with E-state index < -0.39 is 0 Å². The number of rotatable bonds is 4. The van der Waals surface area contributed by atoms with Gasteiger partial charge in [0.15, 0.2) is 0 Å². The number of halogens is 1. The fraction of sp³-hybridized carbons (Fsp3) is 0. The van der Waals surface area contributed by atoms with Crippen LogP contribution in [0, 0.1) is 0 Å². The number of hydrogen-bond donors (Lipinski definition) is 2. The molecule has 0 aliphatic rings. The first-order valence-electron chi connectivity index (χ1n) is 5.76. The zero-order valence-electron chi connectivity index (χ0n) is 10.5. The molecule has 0 saturated carbocycles. The highest BCUT2D eigenvalue weighted by molar-refractivity contribution is 6.30. The van der Waals surface area contributed by atoms with Gasteiger partial charge in [-0.1, -0.05) is 11.6 Å². The average Bonchev–Trinajstić information content (AvgIpc) is 3.04. The van der Waals surface area contributed by atoms with Crippen LogP contribution < -0.4 is 16.0 Å². The van der Waals surface area contributed by atoms with Gasteiger partial charge in [0.2, 0.25) is 5.95 Å². The maximum absolute atomic E-state index is 5.81. The molecule has 3 rings (SSSR count). The quantitative estimate of drug-likeness (QED) is 0.545. The number of benzene rings is 1. The summed E-state index contributed by atoms with van der Waals surface area (Å²) in [5.74, 6) is 6.22. The monoisotopic (exact) mass is 304 g/mol. The number of nitrogen functional groups attached to an aromatic ring is 1. The molecule has 0 aliphatic heterocycles. The molecule has 0 aliphatic carbocycles. The smallest absolute Gasteiger partial charge is 0.328 e. The summed E-state index contributed by atoms with van der Waals surface area (Å²) in [5.41, 5.74) is 2.34. The number of hydrogen-bond acceptors (Lipinski definition) is 8. The third-order valence-electron chi connectivity index (χ3n) is 2.38. The SMILES string of the molecule is NNc1nc(Oc2ccc(Cl)cc2)nc(-n2cncn2)n1. The van der Waals surface area contributed by atoms with Gasteiger partial charge in [-0.3, -0.25) is 5.43 Å². The van der Waals surface area contributed by atoms with Gasteiger partial charge in [0.1, 0.15) is 18.4 Å². The Kier molecular flexibility index (Phi) is 3.58. The van der Waals surface area contributed by atoms with Crippen molar-refractivity contribution in [2.45, 2.75) is 0 Å². The third-order valence-corrected chi connectivity index (χ3v) is 2.63. The molecule has 0 saturated heterocycles. The van der Waals surface area contributed by atoms with Crippen LogP contribution >= 0.6 is 11.6 Å². The Morgan fingerprint density at radius 2 is 1.95 bits per heavy atom. The van der Waals surface area contributed by atoms with Crippen LogP contribution in [-0.2, 0) is 0 Å². The van der Waals surface area contributed by atoms with Gasteiger partial charge in [0.05, 0.1) is 0 Å². The van der Waals surface area contributed by atoms with E-state index in [4.69, 9.17) is 22.2 Å². The first kappa shape index (κ1) is 13.2. The number of aromatic nitrogens is 6. The van der Waals surface area contributed by atoms with Crippen LogP contribution in [-0.4, -0.2) is 29.7 Å². The summed E-state index contributed by atoms with van der Waals surface area (Å²) in [4.78, 5) is 16.0. The Hall–Kier alpha value is -2.78. The molecule has 21 heavy (non-hydrogen) atoms. The molecule has 0 bridgehead atoms. The summed E-state index contributed by atoms with van der Waals surface area (Å²) in [5, 5.41) is 4.54. The van der Waals surface area contributed by atoms with Gasteiger partial charge in [-0.25, -0.2) is 10.8 Å². The van der Waals surface area contributed by atoms with Gasteiger partial charge in [0, 0.05) is 5.02 Å². The number of nitrogens with two attached hydrogens (primary N) is 1. The molecular weight excluding hydrogens is 296 g/mol. The van der Waals surface area contributed by atoms with Crippen molar-refractivity contribution in [3.63, 3.8) is 0 Å². The van der Waals surface area contributed by atoms with E-state index in [-0.39, 0.29) is 17.9 Å². The Balaban J connectivity index is 1.94. The first-order chi connectivity index (χ1) is 10.2. The van der Waals surface area contributed by atoms with E-state index in [0.717, 1.165) is 0 Å². The minimum atomic E-state index is 0.0609. The van der Waals surface area contributed by atoms with Crippen molar-refractivity contribution in [1.29, 1.82) is 0 Å². The summed E-state index contributed by atoms with van der Waals surface area (Å²) in [6.07, 6.45) is 2.81. The Morgan fingerprint density at radius 1 is 1.14 bits per heavy atom. The second-order valence-electron chi connectivity index (χ2n) is 3.78. The minimum absolute atomic E-state index is 0.0609. The lowest BCUT2D eigenvalue weighted by molar-refractivity contribution is 0.438. The van der Waals surface area contributed by atoms with Gasteiger partial charge in [-0.05, 0) is 24.3 Å². The van der Waals surface area contributed by atoms with Crippen molar-refractivity contribution in [2.75, 3.05) is 5.43 Å². The molecular formula is C11H9ClN8O. The normalized spacial score (nSPS) is 10.4. The van der Waals surface area contributed by atoms with E-state index in [2.05, 4.69) is 30.5 Å². The second-order valence-corrected chi connectivity index (χ2v) is 4.22. The van der Waals surface area contributed by atoms with Crippen molar-refractivity contribution in [2.24, 2.45) is 5.84 Å². The van der Waals surface area contributed by atoms with Crippen molar-refractivity contribution in [1.82, 2.24) is 29.7 Å². The zero-order chi connectivity index (χ0) is 14.7. The molecule has 0 atom stereocenters. The van der Waals surface area contributed by atoms with Crippen molar-refractivity contribution < 1.29 is 4.74 Å². The van der Waals surface area contributed by atoms with E-state index in [0.29, 0.717) is 10.8 Å². The number of hydrazine groups is 1. The minimum Gasteiger partial charge on any atom is -0.424 e. The molecule has 0 spiro atoms. The zero-order valence-corrected chi connectivity index (χ0v) is 11.3. The highest BCUT2D eigenvalue weighted by Crippen LogP contribution is 2.21. The van der Waals surface area contributed by atoms with Crippen LogP contribution in [0.5, 0.6) is 11.8 Å². The average molecular weight is 305 g/mol. The molecule has 9 nitrogen and oxygen atoms in total. The van der Waals surface area contributed by atoms with Crippen LogP contribution in [0.4, 0.5) is 5.95 Å². The largest absolute Gasteiger partial charge is 0.424 e. The van der Waals surface area contributed by atoms with E-state index in [1.165, 1.54) is 17.3 Å². The molecule has 2 aromatic heterocycles. The topological polar surface area (TPSA) is 117 Å². The number of nitrogens with zero attached hydrogens (tertiary/aromatic N) is 6. The Bertz CT molecular complexity index is 730. The predicted octanol–water partition coefficient (Wildman–Crippen LogP) is 1.18. The lowest BCUT2D eigenvalue weighted by Gasteiger charge is -2.07. The molecule has 106 valence electrons. The van der Waals surface area contributed by atoms with Crippen LogP contribution in [0.15, 0.2) is 36.9 Å². The molecule has 1 aromatic carbocycles. The van der Waals surface area contributed by atoms with Gasteiger partial charge < -0.3 is 4.74 Å². The first-order valence-corrected chi connectivity index (χ1v) is 6.13. The number of anilines is 1. The fourth-order valence-electron chi connectivity index (χ4n) is 1.48. The lowest BCUT2D eigenvalue weighted by Crippen LogP contribution is -2.14. The van der Waals surface area contributed by atoms with Crippen LogP contribution in [0.25, 0.3) is 5.95 Å². The van der Waals surface area contributed by atoms with E-state index >= 15 is 0 Å². The molecule has 0 radical (unpaired) electrons. The second kappa shape index (κ2) is 5.69. The highest BCUT2D eigenvalue weighted by Gasteiger charge is 2.10. The standard InChI is InChI=1S/C11H9ClN8O/c12-7-1-3-8(4-2-7)21-11-17-9(19-13)16-10(18-11)20-6-14-5-15-20/h1-6H,13H2,(H,16,17,18,19). The van der Waals surface area contributed by atoms with Crippen LogP contribution in [0.3, 0.4) is 0 Å². The van der Waals surface area contributed by atoms with Gasteiger partial charge in [-0.15, -0.1) is 0 Å². The lowest BCUT2D eigenvalue weighted by atomic mass is 10.3. The van der Waals surface area contributed by atoms with Crippen molar-refractivity contribution in [3.05, 3.63) is 41.9 Å². The third kappa shape index (κ3) is 3.04. The van der Waals surface area contributed by atoms with Gasteiger partial charge in [-0.2, -0.15) is 24.7 Å². The maximum atomic E-state index is 5.81. The molecule has 3 N–H and O–H groups in total. The Morgan fingerprint density at radius 3 is 2.62 bits per heavy atom. The summed E-state index contributed by atoms with van der Waals surface area (Å²) in [6.45, 7) is 0. The summed E-state index contributed by atoms with van der Waals surface area (Å²) in [6, 6.07) is 6.83. The summed E-state index contributed by atoms with van der Waals surface area (Å²) in [7, 11) is 0. The van der Waals surface area contributed by atoms with Crippen LogP contribution in [0.2, 0.25) is 5.02 Å². The van der Waals surface area contributed by atoms with E-state index in [1.807, 2.05) is 0 Å². The fourth-order valence-corrected chi connectivity index (χ4v) is 1.60. The number of ether oxygens (including phenoxy) is 1. The van der Waals surface area contributed by atoms with E-state index in [1.54, 1.807) is 24.3 Å². The Labute approximate surface area is 123 Å². The van der Waals surface area contributed by atoms with Gasteiger partial charge in [0.25, 0.3) is 5.95 Å². The number of nitrogens with one attached hydrogen (secondary N) is 1. The highest BCUT2D eigenvalue weighted by atomic mass is 35.5. The van der Waals surface area contributed by atoms with Crippen LogP contribution in [0.1, 0.15) is 0 Å². The summed E-state index contributed by atoms with van der Waals surface area (Å²) < 4.78 is 6.89. The molecule has 10 heteroatoms. The van der Waals surface area contributed by atoms with E-state index in [9.17, 15) is 0 Å². The molecule has 2 heterocycles.